The molecule has 0 saturated heterocycles. The van der Waals surface area contributed by atoms with Crippen LogP contribution in [0, 0.1) is 6.92 Å². The molecule has 0 heterocycles. The van der Waals surface area contributed by atoms with Gasteiger partial charge in [-0.15, -0.1) is 0 Å². The highest BCUT2D eigenvalue weighted by Gasteiger charge is 2.27. The lowest BCUT2D eigenvalue weighted by Gasteiger charge is -2.15. The summed E-state index contributed by atoms with van der Waals surface area (Å²) in [6.45, 7) is 1.43. The van der Waals surface area contributed by atoms with Gasteiger partial charge in [-0.2, -0.15) is 13.2 Å². The van der Waals surface area contributed by atoms with Gasteiger partial charge < -0.3 is 14.8 Å². The second kappa shape index (κ2) is 7.13. The van der Waals surface area contributed by atoms with Gasteiger partial charge >= 0.3 is 6.18 Å². The number of hydrogen-bond acceptors (Lipinski definition) is 3. The van der Waals surface area contributed by atoms with Crippen LogP contribution in [0.3, 0.4) is 0 Å². The van der Waals surface area contributed by atoms with Gasteiger partial charge in [0.25, 0.3) is 0 Å². The molecule has 1 aromatic rings. The molecule has 1 saturated carbocycles. The zero-order valence-corrected chi connectivity index (χ0v) is 12.0. The molecule has 0 unspecified atom stereocenters. The zero-order chi connectivity index (χ0) is 15.3. The summed E-state index contributed by atoms with van der Waals surface area (Å²) < 4.78 is 46.0. The predicted molar refractivity (Wildman–Crippen MR) is 73.4 cm³/mol. The van der Waals surface area contributed by atoms with Crippen molar-refractivity contribution in [2.45, 2.75) is 38.5 Å². The molecule has 118 valence electrons. The number of aryl methyl sites for hydroxylation is 1. The maximum atomic E-state index is 11.9. The van der Waals surface area contributed by atoms with Gasteiger partial charge in [0, 0.05) is 18.2 Å². The number of alkyl halides is 3. The van der Waals surface area contributed by atoms with Crippen LogP contribution in [0.15, 0.2) is 18.2 Å². The van der Waals surface area contributed by atoms with E-state index in [-0.39, 0.29) is 13.2 Å². The number of hydrogen-bond donors (Lipinski definition) is 1. The summed E-state index contributed by atoms with van der Waals surface area (Å²) in [5.74, 6) is 0.737. The summed E-state index contributed by atoms with van der Waals surface area (Å²) in [6.07, 6.45) is -1.89. The lowest BCUT2D eigenvalue weighted by molar-refractivity contribution is -0.175. The number of para-hydroxylation sites is 1. The molecule has 1 aliphatic rings. The lowest BCUT2D eigenvalue weighted by Crippen LogP contribution is -2.20. The van der Waals surface area contributed by atoms with Crippen molar-refractivity contribution in [2.75, 3.05) is 19.8 Å². The van der Waals surface area contributed by atoms with E-state index in [4.69, 9.17) is 4.74 Å². The van der Waals surface area contributed by atoms with Gasteiger partial charge in [0.2, 0.25) is 0 Å². The number of ether oxygens (including phenoxy) is 2. The fraction of sp³-hybridized carbons (Fsp3) is 0.600. The first-order valence-corrected chi connectivity index (χ1v) is 7.05. The second-order valence-electron chi connectivity index (χ2n) is 5.23. The third kappa shape index (κ3) is 5.93. The topological polar surface area (TPSA) is 30.5 Å². The van der Waals surface area contributed by atoms with E-state index < -0.39 is 12.8 Å². The molecule has 0 aromatic heterocycles. The standard InChI is InChI=1S/C15H20F3NO2/c1-11-3-2-4-12(9-19-13-5-6-13)14(11)21-8-7-20-10-15(16,17)18/h2-4,13,19H,5-10H2,1H3. The molecule has 21 heavy (non-hydrogen) atoms. The lowest BCUT2D eigenvalue weighted by atomic mass is 10.1. The van der Waals surface area contributed by atoms with Gasteiger partial charge in [0.05, 0.1) is 6.61 Å². The molecule has 0 radical (unpaired) electrons. The minimum Gasteiger partial charge on any atom is -0.491 e. The van der Waals surface area contributed by atoms with Crippen molar-refractivity contribution in [1.82, 2.24) is 5.32 Å². The summed E-state index contributed by atoms with van der Waals surface area (Å²) in [5, 5.41) is 3.40. The maximum absolute atomic E-state index is 11.9. The van der Waals surface area contributed by atoms with Crippen molar-refractivity contribution >= 4 is 0 Å². The number of nitrogens with one attached hydrogen (secondary N) is 1. The monoisotopic (exact) mass is 303 g/mol. The van der Waals surface area contributed by atoms with E-state index >= 15 is 0 Å². The highest BCUT2D eigenvalue weighted by atomic mass is 19.4. The van der Waals surface area contributed by atoms with Gasteiger partial charge in [-0.25, -0.2) is 0 Å². The molecule has 0 atom stereocenters. The van der Waals surface area contributed by atoms with E-state index in [1.54, 1.807) is 0 Å². The quantitative estimate of drug-likeness (QED) is 0.748. The molecule has 6 heteroatoms. The molecular formula is C15H20F3NO2. The third-order valence-electron chi connectivity index (χ3n) is 3.19. The maximum Gasteiger partial charge on any atom is 0.411 e. The van der Waals surface area contributed by atoms with Crippen LogP contribution in [-0.2, 0) is 11.3 Å². The van der Waals surface area contributed by atoms with Gasteiger partial charge in [0.15, 0.2) is 0 Å². The van der Waals surface area contributed by atoms with Crippen molar-refractivity contribution in [1.29, 1.82) is 0 Å². The zero-order valence-electron chi connectivity index (χ0n) is 12.0. The average molecular weight is 303 g/mol. The van der Waals surface area contributed by atoms with Crippen LogP contribution >= 0.6 is 0 Å². The Balaban J connectivity index is 1.80. The van der Waals surface area contributed by atoms with Crippen LogP contribution < -0.4 is 10.1 Å². The van der Waals surface area contributed by atoms with Crippen LogP contribution in [0.1, 0.15) is 24.0 Å². The van der Waals surface area contributed by atoms with Crippen LogP contribution in [0.2, 0.25) is 0 Å². The molecule has 3 nitrogen and oxygen atoms in total. The highest BCUT2D eigenvalue weighted by molar-refractivity contribution is 5.40. The van der Waals surface area contributed by atoms with Gasteiger partial charge in [0.1, 0.15) is 19.0 Å². The summed E-state index contributed by atoms with van der Waals surface area (Å²) >= 11 is 0. The van der Waals surface area contributed by atoms with Crippen molar-refractivity contribution in [2.24, 2.45) is 0 Å². The Kier molecular flexibility index (Phi) is 5.47. The van der Waals surface area contributed by atoms with E-state index in [0.717, 1.165) is 16.9 Å². The summed E-state index contributed by atoms with van der Waals surface area (Å²) in [4.78, 5) is 0. The summed E-state index contributed by atoms with van der Waals surface area (Å²) in [6, 6.07) is 6.43. The van der Waals surface area contributed by atoms with Crippen molar-refractivity contribution < 1.29 is 22.6 Å². The van der Waals surface area contributed by atoms with E-state index in [2.05, 4.69) is 10.1 Å². The Hall–Kier alpha value is -1.27. The predicted octanol–water partition coefficient (Wildman–Crippen LogP) is 3.20. The molecule has 1 N–H and O–H groups in total. The molecule has 0 spiro atoms. The van der Waals surface area contributed by atoms with E-state index in [9.17, 15) is 13.2 Å². The number of rotatable bonds is 8. The first-order chi connectivity index (χ1) is 9.96. The smallest absolute Gasteiger partial charge is 0.411 e. The molecule has 1 aromatic carbocycles. The minimum atomic E-state index is -4.29. The third-order valence-corrected chi connectivity index (χ3v) is 3.19. The number of halogens is 3. The van der Waals surface area contributed by atoms with E-state index in [1.165, 1.54) is 12.8 Å². The second-order valence-corrected chi connectivity index (χ2v) is 5.23. The van der Waals surface area contributed by atoms with Gasteiger partial charge in [-0.1, -0.05) is 18.2 Å². The largest absolute Gasteiger partial charge is 0.491 e. The first kappa shape index (κ1) is 16.1. The molecule has 1 aliphatic carbocycles. The van der Waals surface area contributed by atoms with Gasteiger partial charge in [-0.05, 0) is 25.3 Å². The van der Waals surface area contributed by atoms with Crippen LogP contribution in [-0.4, -0.2) is 32.0 Å². The Bertz CT molecular complexity index is 459. The van der Waals surface area contributed by atoms with Gasteiger partial charge in [-0.3, -0.25) is 0 Å². The van der Waals surface area contributed by atoms with Crippen molar-refractivity contribution in [3.63, 3.8) is 0 Å². The molecule has 2 rings (SSSR count). The SMILES string of the molecule is Cc1cccc(CNC2CC2)c1OCCOCC(F)(F)F. The van der Waals surface area contributed by atoms with Crippen molar-refractivity contribution in [3.05, 3.63) is 29.3 Å². The van der Waals surface area contributed by atoms with E-state index in [1.807, 2.05) is 25.1 Å². The highest BCUT2D eigenvalue weighted by Crippen LogP contribution is 2.25. The van der Waals surface area contributed by atoms with E-state index in [0.29, 0.717) is 12.6 Å². The van der Waals surface area contributed by atoms with Crippen LogP contribution in [0.25, 0.3) is 0 Å². The molecular weight excluding hydrogens is 283 g/mol. The van der Waals surface area contributed by atoms with Crippen molar-refractivity contribution in [3.8, 4) is 5.75 Å². The molecule has 1 fully saturated rings. The summed E-state index contributed by atoms with van der Waals surface area (Å²) in [7, 11) is 0. The Morgan fingerprint density at radius 2 is 2.00 bits per heavy atom. The fourth-order valence-corrected chi connectivity index (χ4v) is 1.99. The molecule has 0 amide bonds. The fourth-order valence-electron chi connectivity index (χ4n) is 1.99. The summed E-state index contributed by atoms with van der Waals surface area (Å²) in [5.41, 5.74) is 2.00. The molecule has 0 aliphatic heterocycles. The normalized spacial score (nSPS) is 15.2. The minimum absolute atomic E-state index is 0.0800. The number of benzene rings is 1. The molecule has 0 bridgehead atoms. The average Bonchev–Trinajstić information content (AvgIpc) is 3.21. The first-order valence-electron chi connectivity index (χ1n) is 7.05. The Morgan fingerprint density at radius 1 is 1.24 bits per heavy atom. The van der Waals surface area contributed by atoms with Crippen LogP contribution in [0.5, 0.6) is 5.75 Å². The van der Waals surface area contributed by atoms with Crippen LogP contribution in [0.4, 0.5) is 13.2 Å². The Labute approximate surface area is 122 Å². The Morgan fingerprint density at radius 3 is 2.67 bits per heavy atom.